The zero-order valence-electron chi connectivity index (χ0n) is 9.03. The molecule has 0 bridgehead atoms. The molecule has 96 valence electrons. The van der Waals surface area contributed by atoms with E-state index in [1.807, 2.05) is 0 Å². The molecule has 0 saturated heterocycles. The van der Waals surface area contributed by atoms with Crippen LogP contribution >= 0.6 is 27.5 Å². The van der Waals surface area contributed by atoms with E-state index in [-0.39, 0.29) is 10.8 Å². The minimum atomic E-state index is -3.80. The van der Waals surface area contributed by atoms with Gasteiger partial charge in [0.25, 0.3) is 0 Å². The molecule has 0 atom stereocenters. The molecule has 1 aromatic heterocycles. The van der Waals surface area contributed by atoms with Crippen LogP contribution in [-0.2, 0) is 10.2 Å². The van der Waals surface area contributed by atoms with Crippen molar-refractivity contribution in [3.05, 3.63) is 21.9 Å². The monoisotopic (exact) mass is 343 g/mol. The number of hydrazine groups is 2. The van der Waals surface area contributed by atoms with E-state index in [0.717, 1.165) is 4.52 Å². The van der Waals surface area contributed by atoms with E-state index in [9.17, 15) is 8.42 Å². The van der Waals surface area contributed by atoms with E-state index >= 15 is 0 Å². The second-order valence-electron chi connectivity index (χ2n) is 2.81. The smallest absolute Gasteiger partial charge is 0.266 e. The molecule has 0 saturated carbocycles. The molecule has 1 heterocycles. The van der Waals surface area contributed by atoms with Gasteiger partial charge in [-0.3, -0.25) is 4.72 Å². The van der Waals surface area contributed by atoms with Crippen LogP contribution in [0.1, 0.15) is 0 Å². The van der Waals surface area contributed by atoms with Gasteiger partial charge in [0.2, 0.25) is 0 Å². The van der Waals surface area contributed by atoms with Crippen LogP contribution in [0.15, 0.2) is 16.7 Å². The van der Waals surface area contributed by atoms with E-state index in [1.165, 1.54) is 26.4 Å². The number of rotatable bonds is 5. The first-order valence-corrected chi connectivity index (χ1v) is 7.00. The van der Waals surface area contributed by atoms with Gasteiger partial charge in [-0.2, -0.15) is 8.42 Å². The van der Waals surface area contributed by atoms with Gasteiger partial charge in [-0.1, -0.05) is 16.1 Å². The third kappa shape index (κ3) is 3.76. The molecule has 0 radical (unpaired) electrons. The van der Waals surface area contributed by atoms with Crippen molar-refractivity contribution in [3.63, 3.8) is 0 Å². The standard InChI is InChI=1S/C7H11BrClN5O2S/c1-10-14(11-2)17(15,16)13-6-3-5(8)4-12-7(6)9/h3-4,10-11,13H,1-2H3. The molecule has 0 aliphatic carbocycles. The molecule has 1 rings (SSSR count). The van der Waals surface area contributed by atoms with Crippen molar-refractivity contribution < 1.29 is 8.42 Å². The van der Waals surface area contributed by atoms with E-state index in [4.69, 9.17) is 11.6 Å². The molecular weight excluding hydrogens is 334 g/mol. The van der Waals surface area contributed by atoms with Crippen LogP contribution in [0.5, 0.6) is 0 Å². The molecule has 0 amide bonds. The van der Waals surface area contributed by atoms with Crippen LogP contribution < -0.4 is 15.6 Å². The molecule has 0 spiro atoms. The first-order valence-electron chi connectivity index (χ1n) is 4.39. The molecule has 0 aliphatic heterocycles. The first-order chi connectivity index (χ1) is 7.90. The molecule has 7 nitrogen and oxygen atoms in total. The molecule has 10 heteroatoms. The molecule has 0 aliphatic rings. The van der Waals surface area contributed by atoms with E-state index in [0.29, 0.717) is 4.47 Å². The Hall–Kier alpha value is -0.450. The highest BCUT2D eigenvalue weighted by molar-refractivity contribution is 9.10. The highest BCUT2D eigenvalue weighted by atomic mass is 79.9. The van der Waals surface area contributed by atoms with Crippen molar-refractivity contribution in [1.82, 2.24) is 20.4 Å². The lowest BCUT2D eigenvalue weighted by Crippen LogP contribution is -2.50. The molecular formula is C7H11BrClN5O2S. The Morgan fingerprint density at radius 2 is 2.00 bits per heavy atom. The summed E-state index contributed by atoms with van der Waals surface area (Å²) in [5.74, 6) is 0. The van der Waals surface area contributed by atoms with Gasteiger partial charge in [0, 0.05) is 24.8 Å². The highest BCUT2D eigenvalue weighted by Gasteiger charge is 2.20. The van der Waals surface area contributed by atoms with Crippen molar-refractivity contribution in [2.45, 2.75) is 0 Å². The van der Waals surface area contributed by atoms with Crippen molar-refractivity contribution in [2.75, 3.05) is 18.8 Å². The van der Waals surface area contributed by atoms with Gasteiger partial charge in [0.05, 0.1) is 5.69 Å². The molecule has 0 unspecified atom stereocenters. The average molecular weight is 345 g/mol. The maximum atomic E-state index is 11.8. The van der Waals surface area contributed by atoms with Gasteiger partial charge < -0.3 is 0 Å². The van der Waals surface area contributed by atoms with Crippen molar-refractivity contribution in [2.24, 2.45) is 0 Å². The second-order valence-corrected chi connectivity index (χ2v) is 5.60. The Morgan fingerprint density at radius 3 is 2.53 bits per heavy atom. The summed E-state index contributed by atoms with van der Waals surface area (Å²) < 4.78 is 27.3. The normalized spacial score (nSPS) is 11.8. The summed E-state index contributed by atoms with van der Waals surface area (Å²) in [4.78, 5) is 3.81. The third-order valence-corrected chi connectivity index (χ3v) is 3.75. The lowest BCUT2D eigenvalue weighted by Gasteiger charge is -2.20. The van der Waals surface area contributed by atoms with Gasteiger partial charge in [-0.25, -0.2) is 15.8 Å². The molecule has 0 aromatic carbocycles. The van der Waals surface area contributed by atoms with Crippen molar-refractivity contribution >= 4 is 43.4 Å². The average Bonchev–Trinajstić information content (AvgIpc) is 2.24. The zero-order chi connectivity index (χ0) is 13.1. The Balaban J connectivity index is 3.01. The van der Waals surface area contributed by atoms with Crippen LogP contribution in [0.2, 0.25) is 5.15 Å². The summed E-state index contributed by atoms with van der Waals surface area (Å²) in [5.41, 5.74) is 5.06. The van der Waals surface area contributed by atoms with Crippen LogP contribution in [0.25, 0.3) is 0 Å². The van der Waals surface area contributed by atoms with Crippen molar-refractivity contribution in [3.8, 4) is 0 Å². The maximum absolute atomic E-state index is 11.8. The number of anilines is 1. The second kappa shape index (κ2) is 5.94. The van der Waals surface area contributed by atoms with Gasteiger partial charge in [0.15, 0.2) is 5.15 Å². The Labute approximate surface area is 113 Å². The summed E-state index contributed by atoms with van der Waals surface area (Å²) in [6, 6.07) is 1.51. The maximum Gasteiger partial charge on any atom is 0.328 e. The molecule has 17 heavy (non-hydrogen) atoms. The van der Waals surface area contributed by atoms with Crippen LogP contribution in [0.4, 0.5) is 5.69 Å². The summed E-state index contributed by atoms with van der Waals surface area (Å²) >= 11 is 8.95. The predicted molar refractivity (Wildman–Crippen MR) is 69.4 cm³/mol. The molecule has 3 N–H and O–H groups in total. The summed E-state index contributed by atoms with van der Waals surface area (Å²) in [7, 11) is -0.889. The van der Waals surface area contributed by atoms with E-state index < -0.39 is 10.2 Å². The number of nitrogens with zero attached hydrogens (tertiary/aromatic N) is 2. The van der Waals surface area contributed by atoms with Crippen LogP contribution in [0, 0.1) is 0 Å². The fourth-order valence-corrected chi connectivity index (χ4v) is 2.57. The fraction of sp³-hybridized carbons (Fsp3) is 0.286. The van der Waals surface area contributed by atoms with Gasteiger partial charge in [-0.15, -0.1) is 0 Å². The highest BCUT2D eigenvalue weighted by Crippen LogP contribution is 2.24. The quantitative estimate of drug-likeness (QED) is 0.541. The Bertz CT molecular complexity index is 493. The summed E-state index contributed by atoms with van der Waals surface area (Å²) in [6.07, 6.45) is 1.47. The van der Waals surface area contributed by atoms with Gasteiger partial charge in [0.1, 0.15) is 0 Å². The lowest BCUT2D eigenvalue weighted by atomic mass is 10.4. The predicted octanol–water partition coefficient (Wildman–Crippen LogP) is 0.725. The number of pyridine rings is 1. The lowest BCUT2D eigenvalue weighted by molar-refractivity contribution is 0.281. The number of nitrogens with one attached hydrogen (secondary N) is 3. The van der Waals surface area contributed by atoms with Gasteiger partial charge in [-0.05, 0) is 22.0 Å². The SMILES string of the molecule is CNN(NC)S(=O)(=O)Nc1cc(Br)cnc1Cl. The topological polar surface area (TPSA) is 86.4 Å². The summed E-state index contributed by atoms with van der Waals surface area (Å²) in [6.45, 7) is 0. The Morgan fingerprint density at radius 1 is 1.41 bits per heavy atom. The molecule has 1 aromatic rings. The largest absolute Gasteiger partial charge is 0.328 e. The number of halogens is 2. The Kier molecular flexibility index (Phi) is 5.10. The molecule has 0 fully saturated rings. The van der Waals surface area contributed by atoms with Crippen LogP contribution in [0.3, 0.4) is 0 Å². The third-order valence-electron chi connectivity index (χ3n) is 1.69. The number of aromatic nitrogens is 1. The minimum absolute atomic E-state index is 0.0592. The summed E-state index contributed by atoms with van der Waals surface area (Å²) in [5, 5.41) is 0.0592. The van der Waals surface area contributed by atoms with E-state index in [2.05, 4.69) is 36.5 Å². The van der Waals surface area contributed by atoms with Gasteiger partial charge >= 0.3 is 10.2 Å². The van der Waals surface area contributed by atoms with Crippen LogP contribution in [-0.4, -0.2) is 32.0 Å². The minimum Gasteiger partial charge on any atom is -0.266 e. The number of hydrogen-bond donors (Lipinski definition) is 3. The fourth-order valence-electron chi connectivity index (χ4n) is 1.03. The van der Waals surface area contributed by atoms with Crippen molar-refractivity contribution in [1.29, 1.82) is 0 Å². The zero-order valence-corrected chi connectivity index (χ0v) is 12.2. The number of hydrogen-bond acceptors (Lipinski definition) is 5. The van der Waals surface area contributed by atoms with E-state index in [1.54, 1.807) is 0 Å². The first kappa shape index (κ1) is 14.6.